The van der Waals surface area contributed by atoms with Crippen LogP contribution in [0.25, 0.3) is 0 Å². The van der Waals surface area contributed by atoms with Gasteiger partial charge in [-0.2, -0.15) is 0 Å². The lowest BCUT2D eigenvalue weighted by molar-refractivity contribution is 0.174. The van der Waals surface area contributed by atoms with E-state index in [0.29, 0.717) is 6.79 Å². The molecule has 0 aromatic heterocycles. The molecule has 0 unspecified atom stereocenters. The monoisotopic (exact) mass is 548 g/mol. The predicted octanol–water partition coefficient (Wildman–Crippen LogP) is 4.03. The first-order valence-corrected chi connectivity index (χ1v) is 11.4. The van der Waals surface area contributed by atoms with Gasteiger partial charge in [0.2, 0.25) is 6.79 Å². The molecule has 1 saturated carbocycles. The van der Waals surface area contributed by atoms with Crippen LogP contribution >= 0.6 is 24.0 Å². The highest BCUT2D eigenvalue weighted by molar-refractivity contribution is 14.0. The predicted molar refractivity (Wildman–Crippen MR) is 138 cm³/mol. The Morgan fingerprint density at radius 2 is 1.69 bits per heavy atom. The molecule has 0 atom stereocenters. The van der Waals surface area contributed by atoms with Gasteiger partial charge in [-0.15, -0.1) is 24.0 Å². The number of guanidine groups is 1. The van der Waals surface area contributed by atoms with Crippen molar-refractivity contribution in [1.82, 2.24) is 15.5 Å². The highest BCUT2D eigenvalue weighted by Crippen LogP contribution is 2.49. The summed E-state index contributed by atoms with van der Waals surface area (Å²) in [6.07, 6.45) is 5.03. The van der Waals surface area contributed by atoms with E-state index in [4.69, 9.17) is 9.47 Å². The van der Waals surface area contributed by atoms with Gasteiger partial charge in [0.1, 0.15) is 0 Å². The largest absolute Gasteiger partial charge is 0.454 e. The molecule has 2 aromatic carbocycles. The van der Waals surface area contributed by atoms with Crippen LogP contribution in [0.4, 0.5) is 0 Å². The quantitative estimate of drug-likeness (QED) is 0.311. The van der Waals surface area contributed by atoms with E-state index in [1.54, 1.807) is 0 Å². The molecule has 2 aromatic rings. The van der Waals surface area contributed by atoms with E-state index in [2.05, 4.69) is 56.9 Å². The Morgan fingerprint density at radius 1 is 0.969 bits per heavy atom. The van der Waals surface area contributed by atoms with Crippen molar-refractivity contribution in [3.63, 3.8) is 0 Å². The third-order valence-electron chi connectivity index (χ3n) is 6.74. The fourth-order valence-corrected chi connectivity index (χ4v) is 4.57. The van der Waals surface area contributed by atoms with Gasteiger partial charge >= 0.3 is 0 Å². The first-order valence-electron chi connectivity index (χ1n) is 11.4. The van der Waals surface area contributed by atoms with Crippen LogP contribution in [-0.4, -0.2) is 44.3 Å². The van der Waals surface area contributed by atoms with Gasteiger partial charge in [0, 0.05) is 32.1 Å². The van der Waals surface area contributed by atoms with Crippen LogP contribution in [0.2, 0.25) is 0 Å². The van der Waals surface area contributed by atoms with E-state index >= 15 is 0 Å². The summed E-state index contributed by atoms with van der Waals surface area (Å²) in [4.78, 5) is 6.95. The molecule has 0 radical (unpaired) electrons. The van der Waals surface area contributed by atoms with Crippen LogP contribution in [0.3, 0.4) is 0 Å². The Balaban J connectivity index is 0.00000245. The van der Waals surface area contributed by atoms with Crippen LogP contribution in [0.5, 0.6) is 11.5 Å². The molecule has 1 saturated heterocycles. The third-order valence-corrected chi connectivity index (χ3v) is 6.74. The number of hydrogen-bond donors (Lipinski definition) is 2. The zero-order valence-corrected chi connectivity index (χ0v) is 21.1. The molecule has 0 spiro atoms. The molecular formula is C25H33IN4O2. The van der Waals surface area contributed by atoms with Crippen LogP contribution in [-0.2, 0) is 18.5 Å². The maximum Gasteiger partial charge on any atom is 0.231 e. The highest BCUT2D eigenvalue weighted by atomic mass is 127. The van der Waals surface area contributed by atoms with E-state index in [1.807, 2.05) is 13.1 Å². The minimum absolute atomic E-state index is 0. The van der Waals surface area contributed by atoms with Crippen molar-refractivity contribution in [2.24, 2.45) is 4.99 Å². The topological polar surface area (TPSA) is 58.1 Å². The summed E-state index contributed by atoms with van der Waals surface area (Å²) in [5.74, 6) is 2.55. The number of nitrogens with one attached hydrogen (secondary N) is 2. The number of nitrogens with zero attached hydrogens (tertiary/aromatic N) is 2. The second-order valence-electron chi connectivity index (χ2n) is 8.93. The molecule has 6 nitrogen and oxygen atoms in total. The summed E-state index contributed by atoms with van der Waals surface area (Å²) in [6, 6.07) is 15.3. The van der Waals surface area contributed by atoms with E-state index in [0.717, 1.165) is 37.1 Å². The Kier molecular flexibility index (Phi) is 7.45. The Morgan fingerprint density at radius 3 is 2.41 bits per heavy atom. The van der Waals surface area contributed by atoms with E-state index in [9.17, 15) is 0 Å². The van der Waals surface area contributed by atoms with Crippen molar-refractivity contribution in [1.29, 1.82) is 0 Å². The van der Waals surface area contributed by atoms with E-state index in [-0.39, 0.29) is 29.4 Å². The Labute approximate surface area is 207 Å². The molecule has 1 aliphatic carbocycles. The fraction of sp³-hybridized carbons (Fsp3) is 0.480. The highest BCUT2D eigenvalue weighted by Gasteiger charge is 2.44. The Hall–Kier alpha value is -2.00. The lowest BCUT2D eigenvalue weighted by Gasteiger charge is -2.19. The standard InChI is InChI=1S/C25H32N4O2.HI/c1-26-24(27-15-19-4-6-20(7-5-19)16-29-12-2-3-13-29)28-17-25(10-11-25)21-8-9-22-23(14-21)31-18-30-22;/h4-9,14H,2-3,10-13,15-18H2,1H3,(H2,26,27,28);1H. The van der Waals surface area contributed by atoms with Gasteiger partial charge in [-0.05, 0) is 67.6 Å². The van der Waals surface area contributed by atoms with E-state index < -0.39 is 0 Å². The number of benzene rings is 2. The lowest BCUT2D eigenvalue weighted by atomic mass is 9.95. The van der Waals surface area contributed by atoms with E-state index in [1.165, 1.54) is 55.5 Å². The van der Waals surface area contributed by atoms with Gasteiger partial charge in [0.25, 0.3) is 0 Å². The van der Waals surface area contributed by atoms with Crippen molar-refractivity contribution >= 4 is 29.9 Å². The average molecular weight is 548 g/mol. The molecule has 2 heterocycles. The van der Waals surface area contributed by atoms with Gasteiger partial charge in [0.05, 0.1) is 0 Å². The molecule has 32 heavy (non-hydrogen) atoms. The molecule has 5 rings (SSSR count). The number of ether oxygens (including phenoxy) is 2. The van der Waals surface area contributed by atoms with Crippen LogP contribution in [0.1, 0.15) is 42.4 Å². The Bertz CT molecular complexity index is 937. The molecule has 172 valence electrons. The lowest BCUT2D eigenvalue weighted by Crippen LogP contribution is -2.40. The van der Waals surface area contributed by atoms with Crippen LogP contribution in [0.15, 0.2) is 47.5 Å². The number of halogens is 1. The normalized spacial score (nSPS) is 18.8. The summed E-state index contributed by atoms with van der Waals surface area (Å²) in [5.41, 5.74) is 4.14. The summed E-state index contributed by atoms with van der Waals surface area (Å²) in [5, 5.41) is 6.98. The summed E-state index contributed by atoms with van der Waals surface area (Å²) >= 11 is 0. The van der Waals surface area contributed by atoms with Gasteiger partial charge in [-0.25, -0.2) is 0 Å². The van der Waals surface area contributed by atoms with Gasteiger partial charge in [-0.3, -0.25) is 9.89 Å². The smallest absolute Gasteiger partial charge is 0.231 e. The SMILES string of the molecule is CN=C(NCc1ccc(CN2CCCC2)cc1)NCC1(c2ccc3c(c2)OCO3)CC1.I. The summed E-state index contributed by atoms with van der Waals surface area (Å²) in [7, 11) is 1.83. The number of fused-ring (bicyclic) bond motifs is 1. The molecule has 0 bridgehead atoms. The molecule has 3 aliphatic rings. The maximum absolute atomic E-state index is 5.56. The van der Waals surface area contributed by atoms with Crippen LogP contribution < -0.4 is 20.1 Å². The number of likely N-dealkylation sites (tertiary alicyclic amines) is 1. The second-order valence-corrected chi connectivity index (χ2v) is 8.93. The summed E-state index contributed by atoms with van der Waals surface area (Å²) < 4.78 is 11.0. The molecule has 7 heteroatoms. The average Bonchev–Trinajstić information content (AvgIpc) is 3.18. The summed E-state index contributed by atoms with van der Waals surface area (Å²) in [6.45, 7) is 5.48. The third kappa shape index (κ3) is 5.31. The fourth-order valence-electron chi connectivity index (χ4n) is 4.57. The van der Waals surface area contributed by atoms with Gasteiger partial charge < -0.3 is 20.1 Å². The zero-order chi connectivity index (χ0) is 21.1. The maximum atomic E-state index is 5.56. The second kappa shape index (κ2) is 10.3. The molecule has 0 amide bonds. The first kappa shape index (κ1) is 23.2. The molecular weight excluding hydrogens is 515 g/mol. The number of rotatable bonds is 7. The molecule has 2 N–H and O–H groups in total. The van der Waals surface area contributed by atoms with Crippen molar-refractivity contribution in [3.8, 4) is 11.5 Å². The van der Waals surface area contributed by atoms with Gasteiger partial charge in [0.15, 0.2) is 17.5 Å². The minimum Gasteiger partial charge on any atom is -0.454 e. The van der Waals surface area contributed by atoms with Crippen molar-refractivity contribution in [3.05, 3.63) is 59.2 Å². The van der Waals surface area contributed by atoms with Crippen molar-refractivity contribution in [2.45, 2.75) is 44.2 Å². The number of hydrogen-bond acceptors (Lipinski definition) is 4. The van der Waals surface area contributed by atoms with Crippen molar-refractivity contribution < 1.29 is 9.47 Å². The van der Waals surface area contributed by atoms with Crippen LogP contribution in [0, 0.1) is 0 Å². The molecule has 2 fully saturated rings. The molecule has 2 aliphatic heterocycles. The van der Waals surface area contributed by atoms with Gasteiger partial charge in [-0.1, -0.05) is 30.3 Å². The first-order chi connectivity index (χ1) is 15.2. The number of aliphatic imine (C=N–C) groups is 1. The zero-order valence-electron chi connectivity index (χ0n) is 18.7. The minimum atomic E-state index is 0. The van der Waals surface area contributed by atoms with Crippen molar-refractivity contribution in [2.75, 3.05) is 33.5 Å².